The molecule has 1 heterocycles. The van der Waals surface area contributed by atoms with Crippen molar-refractivity contribution in [3.63, 3.8) is 0 Å². The Hall–Kier alpha value is -0.490. The molecule has 0 radical (unpaired) electrons. The van der Waals surface area contributed by atoms with Crippen LogP contribution in [0.2, 0.25) is 0 Å². The highest BCUT2D eigenvalue weighted by molar-refractivity contribution is 9.10. The van der Waals surface area contributed by atoms with E-state index in [0.717, 1.165) is 10.0 Å². The van der Waals surface area contributed by atoms with E-state index in [1.807, 2.05) is 0 Å². The molecular formula is C12H15BrFNO2. The van der Waals surface area contributed by atoms with Gasteiger partial charge in [0.25, 0.3) is 0 Å². The van der Waals surface area contributed by atoms with E-state index in [4.69, 9.17) is 15.2 Å². The van der Waals surface area contributed by atoms with Gasteiger partial charge in [-0.2, -0.15) is 0 Å². The van der Waals surface area contributed by atoms with E-state index in [-0.39, 0.29) is 18.0 Å². The normalized spacial score (nSPS) is 22.4. The van der Waals surface area contributed by atoms with Gasteiger partial charge in [-0.05, 0) is 30.2 Å². The molecule has 0 saturated carbocycles. The van der Waals surface area contributed by atoms with Crippen molar-refractivity contribution in [2.24, 2.45) is 5.73 Å². The summed E-state index contributed by atoms with van der Waals surface area (Å²) in [4.78, 5) is 0. The summed E-state index contributed by atoms with van der Waals surface area (Å²) in [5.74, 6) is -0.254. The van der Waals surface area contributed by atoms with E-state index in [9.17, 15) is 4.39 Å². The number of hydrogen-bond donors (Lipinski definition) is 1. The van der Waals surface area contributed by atoms with Gasteiger partial charge in [0.05, 0.1) is 25.9 Å². The van der Waals surface area contributed by atoms with Gasteiger partial charge in [-0.3, -0.25) is 0 Å². The molecule has 1 aliphatic rings. The Morgan fingerprint density at radius 2 is 2.29 bits per heavy atom. The average Bonchev–Trinajstić information content (AvgIpc) is 2.35. The molecule has 94 valence electrons. The van der Waals surface area contributed by atoms with Gasteiger partial charge in [0.2, 0.25) is 0 Å². The van der Waals surface area contributed by atoms with Crippen LogP contribution in [-0.2, 0) is 15.9 Å². The third-order valence-corrected chi connectivity index (χ3v) is 3.56. The van der Waals surface area contributed by atoms with E-state index in [2.05, 4.69) is 15.9 Å². The zero-order valence-corrected chi connectivity index (χ0v) is 11.0. The molecule has 2 atom stereocenters. The van der Waals surface area contributed by atoms with Crippen LogP contribution in [0.5, 0.6) is 0 Å². The van der Waals surface area contributed by atoms with Gasteiger partial charge in [0.15, 0.2) is 0 Å². The largest absolute Gasteiger partial charge is 0.376 e. The fraction of sp³-hybridized carbons (Fsp3) is 0.500. The first-order chi connectivity index (χ1) is 8.16. The van der Waals surface area contributed by atoms with Crippen molar-refractivity contribution in [2.75, 3.05) is 19.8 Å². The first-order valence-electron chi connectivity index (χ1n) is 5.55. The number of nitrogens with two attached hydrogens (primary N) is 1. The second kappa shape index (κ2) is 5.91. The predicted octanol–water partition coefficient (Wildman–Crippen LogP) is 1.87. The predicted molar refractivity (Wildman–Crippen MR) is 66.3 cm³/mol. The topological polar surface area (TPSA) is 44.5 Å². The first-order valence-corrected chi connectivity index (χ1v) is 6.35. The molecule has 1 fully saturated rings. The van der Waals surface area contributed by atoms with Crippen molar-refractivity contribution in [2.45, 2.75) is 18.6 Å². The molecular weight excluding hydrogens is 289 g/mol. The Morgan fingerprint density at radius 1 is 1.47 bits per heavy atom. The van der Waals surface area contributed by atoms with E-state index in [1.165, 1.54) is 12.1 Å². The van der Waals surface area contributed by atoms with Gasteiger partial charge >= 0.3 is 0 Å². The number of benzene rings is 1. The van der Waals surface area contributed by atoms with E-state index in [1.54, 1.807) is 6.07 Å². The molecule has 2 unspecified atom stereocenters. The van der Waals surface area contributed by atoms with E-state index < -0.39 is 0 Å². The lowest BCUT2D eigenvalue weighted by molar-refractivity contribution is -0.0967. The summed E-state index contributed by atoms with van der Waals surface area (Å²) in [6.07, 6.45) is 0.450. The number of hydrogen-bond acceptors (Lipinski definition) is 3. The van der Waals surface area contributed by atoms with Crippen LogP contribution in [0.3, 0.4) is 0 Å². The van der Waals surface area contributed by atoms with Crippen LogP contribution in [0.1, 0.15) is 5.56 Å². The van der Waals surface area contributed by atoms with E-state index >= 15 is 0 Å². The van der Waals surface area contributed by atoms with Crippen LogP contribution >= 0.6 is 15.9 Å². The smallest absolute Gasteiger partial charge is 0.123 e. The molecule has 2 rings (SSSR count). The molecule has 1 aliphatic heterocycles. The Labute approximate surface area is 108 Å². The van der Waals surface area contributed by atoms with Crippen molar-refractivity contribution >= 4 is 15.9 Å². The Balaban J connectivity index is 2.01. The molecule has 0 amide bonds. The van der Waals surface area contributed by atoms with Crippen molar-refractivity contribution in [3.05, 3.63) is 34.1 Å². The van der Waals surface area contributed by atoms with E-state index in [0.29, 0.717) is 26.2 Å². The summed E-state index contributed by atoms with van der Waals surface area (Å²) in [5, 5.41) is 0. The highest BCUT2D eigenvalue weighted by Crippen LogP contribution is 2.20. The number of rotatable bonds is 3. The van der Waals surface area contributed by atoms with Gasteiger partial charge in [0.1, 0.15) is 5.82 Å². The summed E-state index contributed by atoms with van der Waals surface area (Å²) >= 11 is 3.39. The lowest BCUT2D eigenvalue weighted by atomic mass is 10.0. The average molecular weight is 304 g/mol. The van der Waals surface area contributed by atoms with Crippen molar-refractivity contribution in [3.8, 4) is 0 Å². The summed E-state index contributed by atoms with van der Waals surface area (Å²) in [6, 6.07) is 4.41. The molecule has 1 saturated heterocycles. The molecule has 5 heteroatoms. The maximum atomic E-state index is 13.1. The molecule has 17 heavy (non-hydrogen) atoms. The second-order valence-electron chi connectivity index (χ2n) is 4.09. The minimum Gasteiger partial charge on any atom is -0.376 e. The molecule has 0 aliphatic carbocycles. The highest BCUT2D eigenvalue weighted by atomic mass is 79.9. The lowest BCUT2D eigenvalue weighted by Gasteiger charge is -2.28. The second-order valence-corrected chi connectivity index (χ2v) is 4.94. The minimum absolute atomic E-state index is 0.112. The molecule has 2 N–H and O–H groups in total. The highest BCUT2D eigenvalue weighted by Gasteiger charge is 2.22. The van der Waals surface area contributed by atoms with Crippen LogP contribution in [0.15, 0.2) is 22.7 Å². The van der Waals surface area contributed by atoms with Crippen LogP contribution in [0.4, 0.5) is 4.39 Å². The SMILES string of the molecule is NC(Cc1cc(F)ccc1Br)C1COCCO1. The van der Waals surface area contributed by atoms with Gasteiger partial charge in [-0.25, -0.2) is 4.39 Å². The third-order valence-electron chi connectivity index (χ3n) is 2.78. The maximum absolute atomic E-state index is 13.1. The summed E-state index contributed by atoms with van der Waals surface area (Å²) in [6.45, 7) is 1.70. The van der Waals surface area contributed by atoms with Gasteiger partial charge < -0.3 is 15.2 Å². The number of ether oxygens (including phenoxy) is 2. The number of halogens is 2. The molecule has 1 aromatic rings. The fourth-order valence-corrected chi connectivity index (χ4v) is 2.25. The molecule has 0 spiro atoms. The molecule has 3 nitrogen and oxygen atoms in total. The summed E-state index contributed by atoms with van der Waals surface area (Å²) < 4.78 is 24.8. The van der Waals surface area contributed by atoms with Gasteiger partial charge in [-0.1, -0.05) is 15.9 Å². The van der Waals surface area contributed by atoms with Gasteiger partial charge in [0, 0.05) is 10.5 Å². The maximum Gasteiger partial charge on any atom is 0.123 e. The zero-order valence-electron chi connectivity index (χ0n) is 9.36. The Morgan fingerprint density at radius 3 is 3.00 bits per heavy atom. The standard InChI is InChI=1S/C12H15BrFNO2/c13-10-2-1-9(14)5-8(10)6-11(15)12-7-16-3-4-17-12/h1-2,5,11-12H,3-4,6-7,15H2. The molecule has 0 aromatic heterocycles. The van der Waals surface area contributed by atoms with Crippen molar-refractivity contribution < 1.29 is 13.9 Å². The summed E-state index contributed by atoms with van der Waals surface area (Å²) in [5.41, 5.74) is 6.90. The zero-order chi connectivity index (χ0) is 12.3. The molecule has 0 bridgehead atoms. The third kappa shape index (κ3) is 3.48. The molecule has 1 aromatic carbocycles. The Kier molecular flexibility index (Phi) is 4.50. The van der Waals surface area contributed by atoms with Crippen LogP contribution in [-0.4, -0.2) is 32.0 Å². The van der Waals surface area contributed by atoms with Crippen molar-refractivity contribution in [1.29, 1.82) is 0 Å². The Bertz CT molecular complexity index is 383. The minimum atomic E-state index is -0.254. The van der Waals surface area contributed by atoms with Crippen molar-refractivity contribution in [1.82, 2.24) is 0 Å². The summed E-state index contributed by atoms with van der Waals surface area (Å²) in [7, 11) is 0. The van der Waals surface area contributed by atoms with Crippen LogP contribution in [0, 0.1) is 5.82 Å². The quantitative estimate of drug-likeness (QED) is 0.927. The van der Waals surface area contributed by atoms with Gasteiger partial charge in [-0.15, -0.1) is 0 Å². The van der Waals surface area contributed by atoms with Crippen LogP contribution in [0.25, 0.3) is 0 Å². The van der Waals surface area contributed by atoms with Crippen LogP contribution < -0.4 is 5.73 Å². The fourth-order valence-electron chi connectivity index (χ4n) is 1.84. The first kappa shape index (κ1) is 13.0. The lowest BCUT2D eigenvalue weighted by Crippen LogP contribution is -2.44. The monoisotopic (exact) mass is 303 g/mol.